The molecule has 0 bridgehead atoms. The largest absolute Gasteiger partial charge is 0.351 e. The van der Waals surface area contributed by atoms with E-state index in [1.54, 1.807) is 36.2 Å². The topological polar surface area (TPSA) is 75.7 Å². The van der Waals surface area contributed by atoms with Crippen molar-refractivity contribution < 1.29 is 9.18 Å². The van der Waals surface area contributed by atoms with E-state index in [1.807, 2.05) is 11.8 Å². The maximum atomic E-state index is 14.5. The molecular formula is C22H22FN6O2+. The van der Waals surface area contributed by atoms with Crippen LogP contribution < -0.4 is 10.5 Å². The summed E-state index contributed by atoms with van der Waals surface area (Å²) in [7, 11) is 1.56. The first-order valence-electron chi connectivity index (χ1n) is 10.1. The molecular weight excluding hydrogens is 399 g/mol. The van der Waals surface area contributed by atoms with E-state index in [2.05, 4.69) is 21.0 Å². The molecule has 31 heavy (non-hydrogen) atoms. The number of carbonyl (C=O) groups is 1. The molecule has 0 unspecified atom stereocenters. The highest BCUT2D eigenvalue weighted by atomic mass is 19.1. The molecule has 2 aromatic heterocycles. The predicted molar refractivity (Wildman–Crippen MR) is 116 cm³/mol. The van der Waals surface area contributed by atoms with Crippen molar-refractivity contribution in [2.24, 2.45) is 0 Å². The van der Waals surface area contributed by atoms with Gasteiger partial charge in [-0.2, -0.15) is 5.10 Å². The molecule has 3 heterocycles. The van der Waals surface area contributed by atoms with Crippen molar-refractivity contribution >= 4 is 22.5 Å². The van der Waals surface area contributed by atoms with Crippen LogP contribution in [0.1, 0.15) is 23.0 Å². The van der Waals surface area contributed by atoms with Crippen LogP contribution in [-0.2, 0) is 6.54 Å². The molecule has 4 rings (SSSR count). The van der Waals surface area contributed by atoms with Gasteiger partial charge in [0.1, 0.15) is 5.56 Å². The monoisotopic (exact) mass is 421 g/mol. The second-order valence-electron chi connectivity index (χ2n) is 7.16. The Bertz CT molecular complexity index is 1270. The summed E-state index contributed by atoms with van der Waals surface area (Å²) >= 11 is 0. The summed E-state index contributed by atoms with van der Waals surface area (Å²) in [5.41, 5.74) is 0.518. The minimum absolute atomic E-state index is 0.213. The zero-order chi connectivity index (χ0) is 22.0. The van der Waals surface area contributed by atoms with Crippen LogP contribution in [0.3, 0.4) is 0 Å². The molecule has 3 aromatic rings. The van der Waals surface area contributed by atoms with Gasteiger partial charge < -0.3 is 9.80 Å². The van der Waals surface area contributed by atoms with Crippen molar-refractivity contribution in [2.45, 2.75) is 13.5 Å². The van der Waals surface area contributed by atoms with Crippen molar-refractivity contribution in [3.63, 3.8) is 0 Å². The number of fused-ring (bicyclic) bond motifs is 1. The number of pyridine rings is 1. The molecule has 1 saturated heterocycles. The van der Waals surface area contributed by atoms with Crippen LogP contribution in [0.2, 0.25) is 0 Å². The molecule has 0 atom stereocenters. The number of anilines is 1. The number of benzene rings is 1. The van der Waals surface area contributed by atoms with Crippen molar-refractivity contribution in [3.8, 4) is 6.07 Å². The quantitative estimate of drug-likeness (QED) is 0.648. The van der Waals surface area contributed by atoms with E-state index in [-0.39, 0.29) is 23.0 Å². The summed E-state index contributed by atoms with van der Waals surface area (Å²) in [6.07, 6.45) is 1.52. The summed E-state index contributed by atoms with van der Waals surface area (Å²) in [4.78, 5) is 37.2. The molecule has 1 fully saturated rings. The molecule has 0 N–H and O–H groups in total. The summed E-state index contributed by atoms with van der Waals surface area (Å²) < 4.78 is 15.8. The lowest BCUT2D eigenvalue weighted by atomic mass is 10.1. The van der Waals surface area contributed by atoms with Gasteiger partial charge in [0.15, 0.2) is 17.3 Å². The van der Waals surface area contributed by atoms with Gasteiger partial charge >= 0.3 is 6.07 Å². The Morgan fingerprint density at radius 2 is 1.90 bits per heavy atom. The van der Waals surface area contributed by atoms with Gasteiger partial charge in [0.2, 0.25) is 0 Å². The van der Waals surface area contributed by atoms with Crippen molar-refractivity contribution in [1.29, 1.82) is 0 Å². The lowest BCUT2D eigenvalue weighted by Gasteiger charge is -2.35. The van der Waals surface area contributed by atoms with Gasteiger partial charge in [-0.05, 0) is 13.0 Å². The second-order valence-corrected chi connectivity index (χ2v) is 7.16. The van der Waals surface area contributed by atoms with Crippen LogP contribution in [0.15, 0.2) is 41.3 Å². The van der Waals surface area contributed by atoms with Crippen LogP contribution in [0.4, 0.5) is 10.2 Å². The molecule has 158 valence electrons. The summed E-state index contributed by atoms with van der Waals surface area (Å²) in [6, 6.07) is 11.0. The standard InChI is InChI=1S/C22H22FN6O2/c1-3-29-21(30)17-7-5-4-6-16(17)19(26-29)22(31)28-10-8-27(9-11-28)20-18(23)12-15(13-24-2)14-25-20/h4-7,12,14H,3,8-11H2,1-2H3/q+1. The second kappa shape index (κ2) is 8.52. The van der Waals surface area contributed by atoms with E-state index in [4.69, 9.17) is 0 Å². The van der Waals surface area contributed by atoms with E-state index in [1.165, 1.54) is 16.9 Å². The van der Waals surface area contributed by atoms with Gasteiger partial charge in [-0.3, -0.25) is 9.59 Å². The maximum Gasteiger partial charge on any atom is 0.312 e. The van der Waals surface area contributed by atoms with E-state index in [9.17, 15) is 14.0 Å². The van der Waals surface area contributed by atoms with Crippen LogP contribution in [-0.4, -0.2) is 58.8 Å². The Kier molecular flexibility index (Phi) is 5.62. The molecule has 1 amide bonds. The first kappa shape index (κ1) is 20.5. The highest BCUT2D eigenvalue weighted by molar-refractivity contribution is 6.04. The predicted octanol–water partition coefficient (Wildman–Crippen LogP) is 2.22. The fraction of sp³-hybridized carbons (Fsp3) is 0.318. The molecule has 0 spiro atoms. The SMILES string of the molecule is CCn1nc(C(=O)N2CCN(c3ncc(C#[N+]C)cc3F)CC2)c2ccccc2c1=O. The number of hydrogen-bond acceptors (Lipinski definition) is 5. The Hall–Kier alpha value is -3.80. The summed E-state index contributed by atoms with van der Waals surface area (Å²) in [5, 5.41) is 5.34. The Morgan fingerprint density at radius 3 is 2.55 bits per heavy atom. The molecule has 1 aliphatic heterocycles. The van der Waals surface area contributed by atoms with Gasteiger partial charge in [0.25, 0.3) is 18.5 Å². The highest BCUT2D eigenvalue weighted by Gasteiger charge is 2.27. The molecule has 0 saturated carbocycles. The van der Waals surface area contributed by atoms with Gasteiger partial charge in [0.05, 0.1) is 11.6 Å². The van der Waals surface area contributed by atoms with Gasteiger partial charge in [-0.1, -0.05) is 23.0 Å². The number of carbonyl (C=O) groups excluding carboxylic acids is 1. The number of piperazine rings is 1. The third kappa shape index (κ3) is 3.84. The number of nitrogens with zero attached hydrogens (tertiary/aromatic N) is 6. The van der Waals surface area contributed by atoms with E-state index >= 15 is 0 Å². The van der Waals surface area contributed by atoms with E-state index in [0.29, 0.717) is 49.1 Å². The third-order valence-corrected chi connectivity index (χ3v) is 5.30. The van der Waals surface area contributed by atoms with Crippen molar-refractivity contribution in [2.75, 3.05) is 38.1 Å². The van der Waals surface area contributed by atoms with E-state index in [0.717, 1.165) is 0 Å². The summed E-state index contributed by atoms with van der Waals surface area (Å²) in [6.45, 7) is 3.85. The third-order valence-electron chi connectivity index (χ3n) is 5.30. The lowest BCUT2D eigenvalue weighted by Crippen LogP contribution is -2.49. The number of halogens is 1. The van der Waals surface area contributed by atoms with Gasteiger partial charge in [-0.15, -0.1) is 0 Å². The minimum atomic E-state index is -0.448. The average molecular weight is 421 g/mol. The maximum absolute atomic E-state index is 14.5. The Labute approximate surface area is 178 Å². The number of amides is 1. The van der Waals surface area contributed by atoms with Gasteiger partial charge in [0, 0.05) is 44.2 Å². The van der Waals surface area contributed by atoms with Crippen molar-refractivity contribution in [1.82, 2.24) is 19.7 Å². The van der Waals surface area contributed by atoms with Crippen molar-refractivity contribution in [3.05, 3.63) is 68.8 Å². The fourth-order valence-electron chi connectivity index (χ4n) is 3.73. The molecule has 9 heteroatoms. The van der Waals surface area contributed by atoms with Crippen LogP contribution in [0, 0.1) is 11.9 Å². The lowest BCUT2D eigenvalue weighted by molar-refractivity contribution is 0.0740. The molecule has 1 aliphatic rings. The number of aromatic nitrogens is 3. The Morgan fingerprint density at radius 1 is 1.19 bits per heavy atom. The normalized spacial score (nSPS) is 13.8. The number of rotatable bonds is 3. The summed E-state index contributed by atoms with van der Waals surface area (Å²) in [5.74, 6) is -0.441. The van der Waals surface area contributed by atoms with Crippen LogP contribution >= 0.6 is 0 Å². The molecule has 0 radical (unpaired) electrons. The van der Waals surface area contributed by atoms with Gasteiger partial charge in [-0.25, -0.2) is 14.1 Å². The highest BCUT2D eigenvalue weighted by Crippen LogP contribution is 2.21. The zero-order valence-electron chi connectivity index (χ0n) is 17.4. The smallest absolute Gasteiger partial charge is 0.312 e. The van der Waals surface area contributed by atoms with Crippen LogP contribution in [0.25, 0.3) is 15.6 Å². The molecule has 1 aromatic carbocycles. The average Bonchev–Trinajstić information content (AvgIpc) is 2.80. The first-order chi connectivity index (χ1) is 15.0. The zero-order valence-corrected chi connectivity index (χ0v) is 17.4. The first-order valence-corrected chi connectivity index (χ1v) is 10.1. The Balaban J connectivity index is 1.56. The molecule has 8 nitrogen and oxygen atoms in total. The fourth-order valence-corrected chi connectivity index (χ4v) is 3.73. The van der Waals surface area contributed by atoms with E-state index < -0.39 is 5.82 Å². The van der Waals surface area contributed by atoms with Crippen LogP contribution in [0.5, 0.6) is 0 Å². The minimum Gasteiger partial charge on any atom is -0.351 e. The number of aryl methyl sites for hydroxylation is 1. The number of hydrogen-bond donors (Lipinski definition) is 0. The molecule has 0 aliphatic carbocycles.